The van der Waals surface area contributed by atoms with Gasteiger partial charge in [0, 0.05) is 6.54 Å². The van der Waals surface area contributed by atoms with E-state index in [4.69, 9.17) is 9.47 Å². The van der Waals surface area contributed by atoms with Gasteiger partial charge in [0.25, 0.3) is 5.56 Å². The van der Waals surface area contributed by atoms with E-state index in [0.717, 1.165) is 24.4 Å². The Hall–Kier alpha value is -2.93. The molecule has 31 heavy (non-hydrogen) atoms. The lowest BCUT2D eigenvalue weighted by atomic mass is 10.2. The second-order valence-electron chi connectivity index (χ2n) is 7.76. The van der Waals surface area contributed by atoms with Gasteiger partial charge >= 0.3 is 0 Å². The van der Waals surface area contributed by atoms with E-state index in [2.05, 4.69) is 9.88 Å². The number of aryl methyl sites for hydroxylation is 1. The van der Waals surface area contributed by atoms with Crippen molar-refractivity contribution >= 4 is 10.9 Å². The van der Waals surface area contributed by atoms with Crippen LogP contribution in [0.4, 0.5) is 4.39 Å². The Balaban J connectivity index is 1.48. The van der Waals surface area contributed by atoms with Gasteiger partial charge in [0.2, 0.25) is 0 Å². The zero-order valence-corrected chi connectivity index (χ0v) is 17.8. The Morgan fingerprint density at radius 3 is 2.45 bits per heavy atom. The van der Waals surface area contributed by atoms with E-state index >= 15 is 0 Å². The predicted octanol–water partition coefficient (Wildman–Crippen LogP) is 3.91. The monoisotopic (exact) mass is 425 g/mol. The third-order valence-corrected chi connectivity index (χ3v) is 5.53. The summed E-state index contributed by atoms with van der Waals surface area (Å²) in [6, 6.07) is 12.5. The standard InChI is InChI=1S/C24H28FN3O3/c1-18-26-23-10-9-21(31-16-11-25)17-22(23)24(29)28(18)19-5-7-20(8-6-19)30-15-4-14-27-12-2-3-13-27/h5-10,17H,2-4,11-16H2,1H3. The van der Waals surface area contributed by atoms with E-state index in [1.54, 1.807) is 29.7 Å². The first-order chi connectivity index (χ1) is 15.2. The summed E-state index contributed by atoms with van der Waals surface area (Å²) in [5.41, 5.74) is 1.12. The minimum atomic E-state index is -0.582. The number of nitrogens with zero attached hydrogens (tertiary/aromatic N) is 3. The van der Waals surface area contributed by atoms with Crippen LogP contribution in [0, 0.1) is 6.92 Å². The summed E-state index contributed by atoms with van der Waals surface area (Å²) in [7, 11) is 0. The number of likely N-dealkylation sites (tertiary alicyclic amines) is 1. The van der Waals surface area contributed by atoms with Gasteiger partial charge in [0.15, 0.2) is 0 Å². The number of ether oxygens (including phenoxy) is 2. The molecule has 0 saturated carbocycles. The molecule has 0 radical (unpaired) electrons. The lowest BCUT2D eigenvalue weighted by molar-refractivity contribution is 0.263. The van der Waals surface area contributed by atoms with Gasteiger partial charge in [-0.25, -0.2) is 9.37 Å². The Kier molecular flexibility index (Phi) is 6.82. The van der Waals surface area contributed by atoms with Crippen LogP contribution in [0.2, 0.25) is 0 Å². The molecule has 7 heteroatoms. The third kappa shape index (κ3) is 5.05. The zero-order chi connectivity index (χ0) is 21.6. The highest BCUT2D eigenvalue weighted by atomic mass is 19.1. The van der Waals surface area contributed by atoms with Crippen LogP contribution in [0.1, 0.15) is 25.1 Å². The van der Waals surface area contributed by atoms with Gasteiger partial charge in [-0.3, -0.25) is 9.36 Å². The van der Waals surface area contributed by atoms with Crippen molar-refractivity contribution in [3.8, 4) is 17.2 Å². The van der Waals surface area contributed by atoms with E-state index in [9.17, 15) is 9.18 Å². The second-order valence-corrected chi connectivity index (χ2v) is 7.76. The van der Waals surface area contributed by atoms with Crippen LogP contribution < -0.4 is 15.0 Å². The summed E-state index contributed by atoms with van der Waals surface area (Å²) in [5, 5.41) is 0.434. The van der Waals surface area contributed by atoms with Gasteiger partial charge in [-0.1, -0.05) is 0 Å². The van der Waals surface area contributed by atoms with Gasteiger partial charge in [0.05, 0.1) is 23.2 Å². The number of alkyl halides is 1. The number of hydrogen-bond acceptors (Lipinski definition) is 5. The fourth-order valence-corrected chi connectivity index (χ4v) is 4.00. The molecule has 0 bridgehead atoms. The summed E-state index contributed by atoms with van der Waals surface area (Å²) < 4.78 is 25.1. The molecule has 2 heterocycles. The predicted molar refractivity (Wildman–Crippen MR) is 119 cm³/mol. The highest BCUT2D eigenvalue weighted by Gasteiger charge is 2.12. The van der Waals surface area contributed by atoms with Crippen LogP contribution in [0.25, 0.3) is 16.6 Å². The molecular formula is C24H28FN3O3. The lowest BCUT2D eigenvalue weighted by Gasteiger charge is -2.15. The molecule has 4 rings (SSSR count). The fraction of sp³-hybridized carbons (Fsp3) is 0.417. The molecule has 0 amide bonds. The number of halogens is 1. The zero-order valence-electron chi connectivity index (χ0n) is 17.8. The topological polar surface area (TPSA) is 56.6 Å². The van der Waals surface area contributed by atoms with Crippen molar-refractivity contribution in [1.82, 2.24) is 14.5 Å². The van der Waals surface area contributed by atoms with Crippen LogP contribution in [0.3, 0.4) is 0 Å². The molecule has 1 saturated heterocycles. The van der Waals surface area contributed by atoms with Crippen LogP contribution in [-0.2, 0) is 0 Å². The Morgan fingerprint density at radius 1 is 1.00 bits per heavy atom. The van der Waals surface area contributed by atoms with Gasteiger partial charge < -0.3 is 14.4 Å². The van der Waals surface area contributed by atoms with Gasteiger partial charge in [-0.2, -0.15) is 0 Å². The first-order valence-corrected chi connectivity index (χ1v) is 10.8. The molecule has 2 aromatic carbocycles. The van der Waals surface area contributed by atoms with Gasteiger partial charge in [-0.15, -0.1) is 0 Å². The highest BCUT2D eigenvalue weighted by molar-refractivity contribution is 5.79. The van der Waals surface area contributed by atoms with Gasteiger partial charge in [-0.05, 0) is 81.7 Å². The second kappa shape index (κ2) is 9.92. The molecule has 0 aliphatic carbocycles. The van der Waals surface area contributed by atoms with Gasteiger partial charge in [0.1, 0.15) is 30.6 Å². The van der Waals surface area contributed by atoms with Crippen molar-refractivity contribution < 1.29 is 13.9 Å². The number of hydrogen-bond donors (Lipinski definition) is 0. The number of rotatable bonds is 9. The molecular weight excluding hydrogens is 397 g/mol. The lowest BCUT2D eigenvalue weighted by Crippen LogP contribution is -2.22. The maximum atomic E-state index is 13.2. The summed E-state index contributed by atoms with van der Waals surface area (Å²) in [4.78, 5) is 20.2. The van der Waals surface area contributed by atoms with Crippen molar-refractivity contribution in [3.63, 3.8) is 0 Å². The molecule has 1 aromatic heterocycles. The molecule has 164 valence electrons. The fourth-order valence-electron chi connectivity index (χ4n) is 4.00. The maximum Gasteiger partial charge on any atom is 0.266 e. The maximum absolute atomic E-state index is 13.2. The van der Waals surface area contributed by atoms with E-state index in [1.807, 2.05) is 24.3 Å². The van der Waals surface area contributed by atoms with Crippen molar-refractivity contribution in [2.75, 3.05) is 39.5 Å². The number of benzene rings is 2. The van der Waals surface area contributed by atoms with Crippen LogP contribution in [-0.4, -0.2) is 54.0 Å². The molecule has 0 spiro atoms. The van der Waals surface area contributed by atoms with E-state index in [1.165, 1.54) is 25.9 Å². The summed E-state index contributed by atoms with van der Waals surface area (Å²) in [5.74, 6) is 1.83. The Morgan fingerprint density at radius 2 is 1.71 bits per heavy atom. The summed E-state index contributed by atoms with van der Waals surface area (Å²) in [6.45, 7) is 5.33. The third-order valence-electron chi connectivity index (χ3n) is 5.53. The van der Waals surface area contributed by atoms with E-state index in [-0.39, 0.29) is 12.2 Å². The Bertz CT molecular complexity index is 1080. The molecule has 1 aliphatic heterocycles. The number of aromatic nitrogens is 2. The summed E-state index contributed by atoms with van der Waals surface area (Å²) >= 11 is 0. The minimum absolute atomic E-state index is 0.0432. The molecule has 0 N–H and O–H groups in total. The molecule has 1 fully saturated rings. The van der Waals surface area contributed by atoms with Crippen LogP contribution in [0.15, 0.2) is 47.3 Å². The Labute approximate surface area is 181 Å². The normalized spacial score (nSPS) is 14.3. The van der Waals surface area contributed by atoms with E-state index < -0.39 is 6.67 Å². The largest absolute Gasteiger partial charge is 0.494 e. The smallest absolute Gasteiger partial charge is 0.266 e. The highest BCUT2D eigenvalue weighted by Crippen LogP contribution is 2.20. The average Bonchev–Trinajstić information content (AvgIpc) is 3.30. The molecule has 3 aromatic rings. The first-order valence-electron chi connectivity index (χ1n) is 10.8. The van der Waals surface area contributed by atoms with E-state index in [0.29, 0.717) is 29.1 Å². The van der Waals surface area contributed by atoms with Crippen molar-refractivity contribution in [1.29, 1.82) is 0 Å². The van der Waals surface area contributed by atoms with Crippen molar-refractivity contribution in [3.05, 3.63) is 58.6 Å². The first kappa shape index (κ1) is 21.3. The SMILES string of the molecule is Cc1nc2ccc(OCCF)cc2c(=O)n1-c1ccc(OCCCN2CCCC2)cc1. The quantitative estimate of drug-likeness (QED) is 0.487. The molecule has 6 nitrogen and oxygen atoms in total. The minimum Gasteiger partial charge on any atom is -0.494 e. The van der Waals surface area contributed by atoms with Crippen molar-refractivity contribution in [2.24, 2.45) is 0 Å². The molecule has 1 aliphatic rings. The van der Waals surface area contributed by atoms with Crippen LogP contribution >= 0.6 is 0 Å². The molecule has 0 atom stereocenters. The number of fused-ring (bicyclic) bond motifs is 1. The molecule has 0 unspecified atom stereocenters. The average molecular weight is 426 g/mol. The summed E-state index contributed by atoms with van der Waals surface area (Å²) in [6.07, 6.45) is 3.61. The van der Waals surface area contributed by atoms with Crippen molar-refractivity contribution in [2.45, 2.75) is 26.2 Å². The van der Waals surface area contributed by atoms with Crippen LogP contribution in [0.5, 0.6) is 11.5 Å².